The molecule has 1 aliphatic heterocycles. The van der Waals surface area contributed by atoms with Gasteiger partial charge in [-0.1, -0.05) is 6.92 Å². The normalized spacial score (nSPS) is 16.6. The Bertz CT molecular complexity index is 648. The SMILES string of the molecule is CCn1nc(C[C@@H](C)COC(=O)CCSC)c2c1C(=O)NCCCOCCC2. The summed E-state index contributed by atoms with van der Waals surface area (Å²) in [6.07, 6.45) is 5.53. The Morgan fingerprint density at radius 3 is 2.93 bits per heavy atom. The third kappa shape index (κ3) is 6.81. The first-order valence-electron chi connectivity index (χ1n) is 10.2. The van der Waals surface area contributed by atoms with Crippen LogP contribution in [0.3, 0.4) is 0 Å². The van der Waals surface area contributed by atoms with Crippen LogP contribution in [0.1, 0.15) is 54.9 Å². The molecule has 1 aromatic heterocycles. The van der Waals surface area contributed by atoms with E-state index < -0.39 is 0 Å². The Kier molecular flexibility index (Phi) is 9.84. The monoisotopic (exact) mass is 411 g/mol. The number of esters is 1. The molecule has 7 nitrogen and oxygen atoms in total. The van der Waals surface area contributed by atoms with Gasteiger partial charge in [0, 0.05) is 37.6 Å². The summed E-state index contributed by atoms with van der Waals surface area (Å²) in [5.74, 6) is 0.698. The van der Waals surface area contributed by atoms with E-state index >= 15 is 0 Å². The van der Waals surface area contributed by atoms with Crippen molar-refractivity contribution < 1.29 is 19.1 Å². The highest BCUT2D eigenvalue weighted by molar-refractivity contribution is 7.98. The van der Waals surface area contributed by atoms with Crippen LogP contribution >= 0.6 is 11.8 Å². The lowest BCUT2D eigenvalue weighted by Crippen LogP contribution is -2.28. The lowest BCUT2D eigenvalue weighted by atomic mass is 9.99. The fourth-order valence-corrected chi connectivity index (χ4v) is 3.62. The van der Waals surface area contributed by atoms with Gasteiger partial charge in [0.05, 0.1) is 18.7 Å². The summed E-state index contributed by atoms with van der Waals surface area (Å²) in [6.45, 7) is 7.02. The number of aromatic nitrogens is 2. The molecule has 1 aromatic rings. The third-order valence-corrected chi connectivity index (χ3v) is 5.31. The Morgan fingerprint density at radius 2 is 2.18 bits per heavy atom. The Morgan fingerprint density at radius 1 is 1.39 bits per heavy atom. The van der Waals surface area contributed by atoms with Crippen LogP contribution in [0.2, 0.25) is 0 Å². The smallest absolute Gasteiger partial charge is 0.306 e. The molecule has 158 valence electrons. The average molecular weight is 412 g/mol. The van der Waals surface area contributed by atoms with Crippen LogP contribution in [0, 0.1) is 5.92 Å². The lowest BCUT2D eigenvalue weighted by molar-refractivity contribution is -0.144. The average Bonchev–Trinajstić information content (AvgIpc) is 3.01. The van der Waals surface area contributed by atoms with E-state index in [2.05, 4.69) is 5.32 Å². The van der Waals surface area contributed by atoms with Gasteiger partial charge in [0.1, 0.15) is 5.69 Å². The van der Waals surface area contributed by atoms with E-state index in [1.165, 1.54) is 0 Å². The lowest BCUT2D eigenvalue weighted by Gasteiger charge is -2.12. The van der Waals surface area contributed by atoms with Gasteiger partial charge in [-0.05, 0) is 44.8 Å². The molecule has 0 aromatic carbocycles. The molecule has 1 N–H and O–H groups in total. The molecule has 1 aliphatic rings. The van der Waals surface area contributed by atoms with Gasteiger partial charge in [-0.2, -0.15) is 16.9 Å². The van der Waals surface area contributed by atoms with E-state index in [9.17, 15) is 9.59 Å². The fraction of sp³-hybridized carbons (Fsp3) is 0.750. The quantitative estimate of drug-likeness (QED) is 0.662. The zero-order chi connectivity index (χ0) is 20.4. The molecule has 1 atom stereocenters. The number of thioether (sulfide) groups is 1. The van der Waals surface area contributed by atoms with E-state index in [1.54, 1.807) is 16.4 Å². The van der Waals surface area contributed by atoms with Gasteiger partial charge < -0.3 is 14.8 Å². The minimum atomic E-state index is -0.156. The molecule has 0 bridgehead atoms. The van der Waals surface area contributed by atoms with Crippen LogP contribution < -0.4 is 5.32 Å². The van der Waals surface area contributed by atoms with Crippen LogP contribution in [0.4, 0.5) is 0 Å². The number of ether oxygens (including phenoxy) is 2. The summed E-state index contributed by atoms with van der Waals surface area (Å²) in [5.41, 5.74) is 2.60. The predicted molar refractivity (Wildman–Crippen MR) is 111 cm³/mol. The van der Waals surface area contributed by atoms with Crippen LogP contribution in [0.5, 0.6) is 0 Å². The summed E-state index contributed by atoms with van der Waals surface area (Å²) in [4.78, 5) is 24.5. The molecular formula is C20H33N3O4S. The topological polar surface area (TPSA) is 82.5 Å². The molecule has 0 saturated heterocycles. The summed E-state index contributed by atoms with van der Waals surface area (Å²) in [6, 6.07) is 0. The first-order valence-corrected chi connectivity index (χ1v) is 11.5. The molecule has 0 saturated carbocycles. The number of nitrogens with zero attached hydrogens (tertiary/aromatic N) is 2. The van der Waals surface area contributed by atoms with Crippen molar-refractivity contribution in [2.75, 3.05) is 38.4 Å². The van der Waals surface area contributed by atoms with Crippen molar-refractivity contribution in [2.24, 2.45) is 5.92 Å². The molecule has 0 fully saturated rings. The molecule has 0 aliphatic carbocycles. The van der Waals surface area contributed by atoms with E-state index in [-0.39, 0.29) is 17.8 Å². The number of hydrogen-bond donors (Lipinski definition) is 1. The molecule has 2 rings (SSSR count). The van der Waals surface area contributed by atoms with Crippen molar-refractivity contribution >= 4 is 23.6 Å². The first-order chi connectivity index (χ1) is 13.6. The summed E-state index contributed by atoms with van der Waals surface area (Å²) in [5, 5.41) is 7.70. The molecule has 0 unspecified atom stereocenters. The Labute approximate surface area is 171 Å². The van der Waals surface area contributed by atoms with Gasteiger partial charge in [-0.25, -0.2) is 0 Å². The van der Waals surface area contributed by atoms with Crippen LogP contribution in [0.25, 0.3) is 0 Å². The van der Waals surface area contributed by atoms with Crippen molar-refractivity contribution in [1.82, 2.24) is 15.1 Å². The minimum Gasteiger partial charge on any atom is -0.465 e. The number of amides is 1. The van der Waals surface area contributed by atoms with Crippen molar-refractivity contribution in [2.45, 2.75) is 52.5 Å². The molecule has 1 amide bonds. The Balaban J connectivity index is 2.10. The number of nitrogens with one attached hydrogen (secondary N) is 1. The molecular weight excluding hydrogens is 378 g/mol. The summed E-state index contributed by atoms with van der Waals surface area (Å²) < 4.78 is 12.8. The number of rotatable bonds is 8. The van der Waals surface area contributed by atoms with Crippen LogP contribution in [-0.2, 0) is 33.7 Å². The first kappa shape index (κ1) is 22.7. The molecule has 8 heteroatoms. The summed E-state index contributed by atoms with van der Waals surface area (Å²) in [7, 11) is 0. The highest BCUT2D eigenvalue weighted by Crippen LogP contribution is 2.21. The van der Waals surface area contributed by atoms with Crippen molar-refractivity contribution in [3.05, 3.63) is 17.0 Å². The maximum Gasteiger partial charge on any atom is 0.306 e. The maximum absolute atomic E-state index is 12.7. The van der Waals surface area contributed by atoms with Gasteiger partial charge in [0.15, 0.2) is 0 Å². The van der Waals surface area contributed by atoms with E-state index in [1.807, 2.05) is 20.1 Å². The van der Waals surface area contributed by atoms with Gasteiger partial charge in [0.2, 0.25) is 0 Å². The standard InChI is InChI=1S/C20H33N3O4S/c1-4-23-19-16(7-5-10-26-11-6-9-21-20(19)25)17(22-23)13-15(2)14-27-18(24)8-12-28-3/h15H,4-14H2,1-3H3,(H,21,25)/t15-/m1/s1. The summed E-state index contributed by atoms with van der Waals surface area (Å²) >= 11 is 1.63. The number of carbonyl (C=O) groups is 2. The number of aryl methyl sites for hydroxylation is 1. The number of fused-ring (bicyclic) bond motifs is 1. The Hall–Kier alpha value is -1.54. The highest BCUT2D eigenvalue weighted by Gasteiger charge is 2.24. The van der Waals surface area contributed by atoms with Crippen molar-refractivity contribution in [1.29, 1.82) is 0 Å². The van der Waals surface area contributed by atoms with Gasteiger partial charge >= 0.3 is 5.97 Å². The van der Waals surface area contributed by atoms with Gasteiger partial charge in [0.25, 0.3) is 5.91 Å². The predicted octanol–water partition coefficient (Wildman–Crippen LogP) is 2.46. The molecule has 28 heavy (non-hydrogen) atoms. The number of carbonyl (C=O) groups excluding carboxylic acids is 2. The van der Waals surface area contributed by atoms with Crippen LogP contribution in [-0.4, -0.2) is 60.0 Å². The zero-order valence-corrected chi connectivity index (χ0v) is 18.1. The third-order valence-electron chi connectivity index (χ3n) is 4.70. The molecule has 0 radical (unpaired) electrons. The van der Waals surface area contributed by atoms with Gasteiger partial charge in [-0.3, -0.25) is 14.3 Å². The molecule has 0 spiro atoms. The van der Waals surface area contributed by atoms with E-state index in [0.29, 0.717) is 51.4 Å². The van der Waals surface area contributed by atoms with Crippen molar-refractivity contribution in [3.8, 4) is 0 Å². The minimum absolute atomic E-state index is 0.0614. The van der Waals surface area contributed by atoms with E-state index in [4.69, 9.17) is 14.6 Å². The number of hydrogen-bond acceptors (Lipinski definition) is 6. The second-order valence-electron chi connectivity index (χ2n) is 7.15. The molecule has 2 heterocycles. The second-order valence-corrected chi connectivity index (χ2v) is 8.14. The van der Waals surface area contributed by atoms with Gasteiger partial charge in [-0.15, -0.1) is 0 Å². The van der Waals surface area contributed by atoms with Crippen molar-refractivity contribution in [3.63, 3.8) is 0 Å². The maximum atomic E-state index is 12.7. The second kappa shape index (κ2) is 12.1. The highest BCUT2D eigenvalue weighted by atomic mass is 32.2. The van der Waals surface area contributed by atoms with Crippen LogP contribution in [0.15, 0.2) is 0 Å². The van der Waals surface area contributed by atoms with E-state index in [0.717, 1.165) is 36.3 Å². The largest absolute Gasteiger partial charge is 0.465 e. The fourth-order valence-electron chi connectivity index (χ4n) is 3.25. The zero-order valence-electron chi connectivity index (χ0n) is 17.3.